The Balaban J connectivity index is 2.04. The van der Waals surface area contributed by atoms with Crippen LogP contribution in [0.4, 0.5) is 13.2 Å². The van der Waals surface area contributed by atoms with Crippen LogP contribution in [0.2, 0.25) is 0 Å². The first-order chi connectivity index (χ1) is 9.21. The average molecular weight is 308 g/mol. The van der Waals surface area contributed by atoms with E-state index >= 15 is 0 Å². The lowest BCUT2D eigenvalue weighted by Crippen LogP contribution is -2.43. The van der Waals surface area contributed by atoms with Gasteiger partial charge in [0.15, 0.2) is 5.01 Å². The fraction of sp³-hybridized carbons (Fsp3) is 0.769. The highest BCUT2D eigenvalue weighted by molar-refractivity contribution is 7.11. The highest BCUT2D eigenvalue weighted by Crippen LogP contribution is 2.40. The van der Waals surface area contributed by atoms with Gasteiger partial charge in [0.1, 0.15) is 5.60 Å². The minimum absolute atomic E-state index is 0.328. The number of aromatic nitrogens is 1. The van der Waals surface area contributed by atoms with E-state index in [4.69, 9.17) is 0 Å². The molecule has 1 aliphatic heterocycles. The number of piperidine rings is 1. The number of alkyl halides is 3. The number of nitrogens with zero attached hydrogens (tertiary/aromatic N) is 2. The predicted octanol–water partition coefficient (Wildman–Crippen LogP) is 3.10. The lowest BCUT2D eigenvalue weighted by atomic mass is 9.90. The first-order valence-corrected chi connectivity index (χ1v) is 7.50. The number of aliphatic hydroxyl groups is 1. The van der Waals surface area contributed by atoms with Crippen molar-refractivity contribution in [1.82, 2.24) is 9.88 Å². The van der Waals surface area contributed by atoms with Gasteiger partial charge in [-0.05, 0) is 18.8 Å². The molecule has 0 aliphatic carbocycles. The topological polar surface area (TPSA) is 36.4 Å². The summed E-state index contributed by atoms with van der Waals surface area (Å²) < 4.78 is 37.7. The maximum absolute atomic E-state index is 12.6. The van der Waals surface area contributed by atoms with Crippen molar-refractivity contribution in [1.29, 1.82) is 0 Å². The van der Waals surface area contributed by atoms with Crippen molar-refractivity contribution in [2.45, 2.75) is 38.5 Å². The highest BCUT2D eigenvalue weighted by Gasteiger charge is 2.40. The summed E-state index contributed by atoms with van der Waals surface area (Å²) in [7, 11) is 0. The predicted molar refractivity (Wildman–Crippen MR) is 71.5 cm³/mol. The minimum atomic E-state index is -4.43. The first-order valence-electron chi connectivity index (χ1n) is 6.69. The van der Waals surface area contributed by atoms with Gasteiger partial charge in [-0.2, -0.15) is 13.2 Å². The molecule has 0 aromatic carbocycles. The van der Waals surface area contributed by atoms with E-state index in [1.807, 2.05) is 0 Å². The van der Waals surface area contributed by atoms with E-state index in [0.717, 1.165) is 6.54 Å². The second kappa shape index (κ2) is 5.61. The van der Waals surface area contributed by atoms with Crippen molar-refractivity contribution in [3.8, 4) is 0 Å². The lowest BCUT2D eigenvalue weighted by molar-refractivity contribution is -0.137. The van der Waals surface area contributed by atoms with Gasteiger partial charge in [0.2, 0.25) is 0 Å². The molecule has 0 spiro atoms. The van der Waals surface area contributed by atoms with Crippen molar-refractivity contribution < 1.29 is 18.3 Å². The molecule has 1 aromatic heterocycles. The van der Waals surface area contributed by atoms with Crippen LogP contribution in [0.3, 0.4) is 0 Å². The molecule has 0 bridgehead atoms. The summed E-state index contributed by atoms with van der Waals surface area (Å²) in [6, 6.07) is 0. The van der Waals surface area contributed by atoms with E-state index in [0.29, 0.717) is 48.1 Å². The van der Waals surface area contributed by atoms with E-state index in [1.165, 1.54) is 6.20 Å². The SMILES string of the molecule is CC(C)CN1CCC(O)(c2cnc(C(F)(F)F)s2)CC1. The van der Waals surface area contributed by atoms with Crippen LogP contribution in [0.5, 0.6) is 0 Å². The molecule has 0 unspecified atom stereocenters. The maximum Gasteiger partial charge on any atom is 0.443 e. The Labute approximate surface area is 120 Å². The Morgan fingerprint density at radius 2 is 2.00 bits per heavy atom. The molecule has 20 heavy (non-hydrogen) atoms. The zero-order valence-corrected chi connectivity index (χ0v) is 12.4. The third kappa shape index (κ3) is 3.51. The van der Waals surface area contributed by atoms with Gasteiger partial charge >= 0.3 is 6.18 Å². The number of likely N-dealkylation sites (tertiary alicyclic amines) is 1. The molecule has 0 atom stereocenters. The monoisotopic (exact) mass is 308 g/mol. The average Bonchev–Trinajstić information content (AvgIpc) is 2.81. The third-order valence-corrected chi connectivity index (χ3v) is 4.75. The van der Waals surface area contributed by atoms with Crippen LogP contribution in [0.15, 0.2) is 6.20 Å². The second-order valence-electron chi connectivity index (χ2n) is 5.75. The van der Waals surface area contributed by atoms with E-state index in [-0.39, 0.29) is 0 Å². The van der Waals surface area contributed by atoms with Gasteiger partial charge in [-0.1, -0.05) is 13.8 Å². The van der Waals surface area contributed by atoms with Gasteiger partial charge in [0.25, 0.3) is 0 Å². The van der Waals surface area contributed by atoms with E-state index in [2.05, 4.69) is 23.7 Å². The summed E-state index contributed by atoms with van der Waals surface area (Å²) in [5.41, 5.74) is -1.16. The quantitative estimate of drug-likeness (QED) is 0.932. The van der Waals surface area contributed by atoms with Gasteiger partial charge in [0.05, 0.1) is 4.88 Å². The maximum atomic E-state index is 12.6. The van der Waals surface area contributed by atoms with Crippen LogP contribution >= 0.6 is 11.3 Å². The standard InChI is InChI=1S/C13H19F3N2OS/c1-9(2)8-18-5-3-12(19,4-6-18)10-7-17-11(20-10)13(14,15)16/h7,9,19H,3-6,8H2,1-2H3. The van der Waals surface area contributed by atoms with Gasteiger partial charge < -0.3 is 10.0 Å². The van der Waals surface area contributed by atoms with Crippen molar-refractivity contribution in [2.75, 3.05) is 19.6 Å². The molecule has 1 N–H and O–H groups in total. The van der Waals surface area contributed by atoms with E-state index in [9.17, 15) is 18.3 Å². The van der Waals surface area contributed by atoms with Gasteiger partial charge in [-0.25, -0.2) is 4.98 Å². The van der Waals surface area contributed by atoms with Crippen LogP contribution in [0.1, 0.15) is 36.6 Å². The zero-order chi connectivity index (χ0) is 15.0. The van der Waals surface area contributed by atoms with Crippen LogP contribution in [0, 0.1) is 5.92 Å². The molecule has 1 aromatic rings. The fourth-order valence-corrected chi connectivity index (χ4v) is 3.42. The van der Waals surface area contributed by atoms with Gasteiger partial charge in [-0.3, -0.25) is 0 Å². The van der Waals surface area contributed by atoms with Gasteiger partial charge in [-0.15, -0.1) is 11.3 Å². The van der Waals surface area contributed by atoms with Crippen molar-refractivity contribution in [2.24, 2.45) is 5.92 Å². The first kappa shape index (κ1) is 15.7. The molecular weight excluding hydrogens is 289 g/mol. The Hall–Kier alpha value is -0.660. The molecule has 114 valence electrons. The summed E-state index contributed by atoms with van der Waals surface area (Å²) in [5.74, 6) is 0.543. The number of rotatable bonds is 3. The number of hydrogen-bond donors (Lipinski definition) is 1. The summed E-state index contributed by atoms with van der Waals surface area (Å²) >= 11 is 0.556. The molecule has 0 radical (unpaired) electrons. The van der Waals surface area contributed by atoms with E-state index in [1.54, 1.807) is 0 Å². The molecule has 1 saturated heterocycles. The number of hydrogen-bond acceptors (Lipinski definition) is 4. The third-order valence-electron chi connectivity index (χ3n) is 3.51. The minimum Gasteiger partial charge on any atom is -0.384 e. The molecular formula is C13H19F3N2OS. The van der Waals surface area contributed by atoms with Crippen LogP contribution < -0.4 is 0 Å². The molecule has 3 nitrogen and oxygen atoms in total. The molecule has 1 fully saturated rings. The van der Waals surface area contributed by atoms with Crippen molar-refractivity contribution in [3.05, 3.63) is 16.1 Å². The number of thiazole rings is 1. The normalized spacial score (nSPS) is 20.6. The summed E-state index contributed by atoms with van der Waals surface area (Å²) in [6.07, 6.45) is -2.35. The summed E-state index contributed by atoms with van der Waals surface area (Å²) in [6.45, 7) is 6.60. The molecule has 2 rings (SSSR count). The summed E-state index contributed by atoms with van der Waals surface area (Å²) in [5, 5.41) is 9.67. The van der Waals surface area contributed by atoms with Gasteiger partial charge in [0, 0.05) is 25.8 Å². The molecule has 0 amide bonds. The Bertz CT molecular complexity index is 451. The summed E-state index contributed by atoms with van der Waals surface area (Å²) in [4.78, 5) is 5.96. The smallest absolute Gasteiger partial charge is 0.384 e. The van der Waals surface area contributed by atoms with E-state index < -0.39 is 16.8 Å². The van der Waals surface area contributed by atoms with Crippen LogP contribution in [-0.2, 0) is 11.8 Å². The largest absolute Gasteiger partial charge is 0.443 e. The molecule has 1 aliphatic rings. The lowest BCUT2D eigenvalue weighted by Gasteiger charge is -2.38. The van der Waals surface area contributed by atoms with Crippen molar-refractivity contribution >= 4 is 11.3 Å². The molecule has 0 saturated carbocycles. The highest BCUT2D eigenvalue weighted by atomic mass is 32.1. The van der Waals surface area contributed by atoms with Crippen LogP contribution in [-0.4, -0.2) is 34.6 Å². The molecule has 7 heteroatoms. The Morgan fingerprint density at radius 1 is 1.40 bits per heavy atom. The second-order valence-corrected chi connectivity index (χ2v) is 6.78. The van der Waals surface area contributed by atoms with Crippen LogP contribution in [0.25, 0.3) is 0 Å². The van der Waals surface area contributed by atoms with Crippen molar-refractivity contribution in [3.63, 3.8) is 0 Å². The number of halogens is 3. The fourth-order valence-electron chi connectivity index (χ4n) is 2.49. The molecule has 2 heterocycles. The Morgan fingerprint density at radius 3 is 2.45 bits per heavy atom. The zero-order valence-electron chi connectivity index (χ0n) is 11.6. The Kier molecular flexibility index (Phi) is 4.41.